The minimum Gasteiger partial charge on any atom is -0.457 e. The summed E-state index contributed by atoms with van der Waals surface area (Å²) in [6, 6.07) is 0. The van der Waals surface area contributed by atoms with Crippen LogP contribution in [0.3, 0.4) is 0 Å². The molecule has 4 aliphatic carbocycles. The van der Waals surface area contributed by atoms with Crippen molar-refractivity contribution in [2.24, 2.45) is 22.7 Å². The van der Waals surface area contributed by atoms with Gasteiger partial charge in [0.15, 0.2) is 18.2 Å². The number of fused-ring (bicyclic) bond motifs is 3. The number of Topliss-reactive ketones (excluding diaryl/α,β-unsaturated/α-hetero) is 1. The zero-order chi connectivity index (χ0) is 20.8. The lowest BCUT2D eigenvalue weighted by molar-refractivity contribution is -0.145. The molecule has 154 valence electrons. The molecule has 5 nitrogen and oxygen atoms in total. The second-order valence-corrected chi connectivity index (χ2v) is 9.53. The van der Waals surface area contributed by atoms with Gasteiger partial charge >= 0.3 is 5.97 Å². The molecule has 0 bridgehead atoms. The van der Waals surface area contributed by atoms with Crippen LogP contribution in [0.1, 0.15) is 40.0 Å². The second kappa shape index (κ2) is 5.75. The number of epoxide rings is 1. The summed E-state index contributed by atoms with van der Waals surface area (Å²) in [4.78, 5) is 35.8. The van der Waals surface area contributed by atoms with Crippen LogP contribution in [-0.4, -0.2) is 42.0 Å². The molecule has 1 saturated heterocycles. The smallest absolute Gasteiger partial charge is 0.303 e. The molecule has 7 atom stereocenters. The van der Waals surface area contributed by atoms with E-state index in [0.29, 0.717) is 30.4 Å². The van der Waals surface area contributed by atoms with Gasteiger partial charge in [-0.3, -0.25) is 14.4 Å². The van der Waals surface area contributed by atoms with Crippen LogP contribution in [0, 0.1) is 22.7 Å². The van der Waals surface area contributed by atoms with E-state index in [1.54, 1.807) is 0 Å². The molecule has 0 unspecified atom stereocenters. The minimum atomic E-state index is -1.20. The lowest BCUT2D eigenvalue weighted by Crippen LogP contribution is -2.59. The summed E-state index contributed by atoms with van der Waals surface area (Å²) < 4.78 is 26.6. The Bertz CT molecular complexity index is 932. The largest absolute Gasteiger partial charge is 0.457 e. The van der Waals surface area contributed by atoms with Crippen molar-refractivity contribution < 1.29 is 28.2 Å². The van der Waals surface area contributed by atoms with Crippen molar-refractivity contribution in [1.82, 2.24) is 0 Å². The van der Waals surface area contributed by atoms with Crippen LogP contribution in [0.25, 0.3) is 0 Å². The van der Waals surface area contributed by atoms with Gasteiger partial charge in [-0.2, -0.15) is 0 Å². The summed E-state index contributed by atoms with van der Waals surface area (Å²) in [5, 5.41) is 0. The molecule has 0 aromatic rings. The fourth-order valence-electron chi connectivity index (χ4n) is 6.89. The molecule has 1 heterocycles. The third kappa shape index (κ3) is 2.26. The summed E-state index contributed by atoms with van der Waals surface area (Å²) in [5.41, 5.74) is -0.350. The van der Waals surface area contributed by atoms with Gasteiger partial charge in [-0.15, -0.1) is 0 Å². The Morgan fingerprint density at radius 3 is 2.79 bits per heavy atom. The van der Waals surface area contributed by atoms with Gasteiger partial charge in [0.25, 0.3) is 0 Å². The van der Waals surface area contributed by atoms with Crippen LogP contribution in [0.15, 0.2) is 35.5 Å². The quantitative estimate of drug-likeness (QED) is 0.538. The number of esters is 1. The number of carbonyl (C=O) groups is 3. The maximum Gasteiger partial charge on any atom is 0.303 e. The van der Waals surface area contributed by atoms with Crippen molar-refractivity contribution in [2.45, 2.75) is 57.9 Å². The van der Waals surface area contributed by atoms with E-state index in [0.717, 1.165) is 0 Å². The Hall–Kier alpha value is -2.08. The number of rotatable bonds is 3. The molecule has 0 amide bonds. The number of alkyl halides is 1. The number of carbonyl (C=O) groups excluding carboxylic acids is 3. The van der Waals surface area contributed by atoms with E-state index in [4.69, 9.17) is 9.47 Å². The topological polar surface area (TPSA) is 73.0 Å². The Morgan fingerprint density at radius 1 is 1.31 bits per heavy atom. The molecule has 2 saturated carbocycles. The van der Waals surface area contributed by atoms with Gasteiger partial charge in [0.05, 0.1) is 6.10 Å². The summed E-state index contributed by atoms with van der Waals surface area (Å²) in [5.74, 6) is -0.795. The van der Waals surface area contributed by atoms with Crippen LogP contribution in [0.4, 0.5) is 4.39 Å². The number of ether oxygens (including phenoxy) is 2. The van der Waals surface area contributed by atoms with Crippen molar-refractivity contribution in [3.63, 3.8) is 0 Å². The minimum absolute atomic E-state index is 0.0449. The molecule has 5 aliphatic rings. The Balaban J connectivity index is 1.49. The standard InChI is InChI=1S/C23H25FO5/c1-12(25)28-11-19(27)15-5-4-14-16-9-18(24)17-8-13(26)6-7-22(17,3)23(16)20(29-23)10-21(14,15)2/h5-8,14,16,18,20H,4,9-11H2,1-3H3/t14-,16-,18-,20+,21-,22-,23+/m0/s1. The molecule has 5 rings (SSSR count). The third-order valence-corrected chi connectivity index (χ3v) is 8.21. The molecule has 6 heteroatoms. The zero-order valence-corrected chi connectivity index (χ0v) is 16.9. The summed E-state index contributed by atoms with van der Waals surface area (Å²) >= 11 is 0. The lowest BCUT2D eigenvalue weighted by atomic mass is 9.47. The van der Waals surface area contributed by atoms with Crippen molar-refractivity contribution in [2.75, 3.05) is 6.61 Å². The Labute approximate surface area is 169 Å². The lowest BCUT2D eigenvalue weighted by Gasteiger charge is -2.54. The zero-order valence-electron chi connectivity index (χ0n) is 16.9. The van der Waals surface area contributed by atoms with E-state index in [-0.39, 0.29) is 36.1 Å². The molecular weight excluding hydrogens is 375 g/mol. The van der Waals surface area contributed by atoms with Gasteiger partial charge in [0.2, 0.25) is 0 Å². The predicted molar refractivity (Wildman–Crippen MR) is 101 cm³/mol. The van der Waals surface area contributed by atoms with Crippen LogP contribution < -0.4 is 0 Å². The third-order valence-electron chi connectivity index (χ3n) is 8.21. The van der Waals surface area contributed by atoms with Crippen molar-refractivity contribution in [3.05, 3.63) is 35.5 Å². The van der Waals surface area contributed by atoms with E-state index in [2.05, 4.69) is 6.92 Å². The first-order valence-electron chi connectivity index (χ1n) is 10.3. The summed E-state index contributed by atoms with van der Waals surface area (Å²) in [6.07, 6.45) is 7.14. The highest BCUT2D eigenvalue weighted by Gasteiger charge is 2.79. The maximum absolute atomic E-state index is 15.3. The van der Waals surface area contributed by atoms with E-state index >= 15 is 4.39 Å². The molecule has 3 fully saturated rings. The van der Waals surface area contributed by atoms with Crippen LogP contribution >= 0.6 is 0 Å². The van der Waals surface area contributed by atoms with Crippen LogP contribution in [0.2, 0.25) is 0 Å². The highest BCUT2D eigenvalue weighted by atomic mass is 19.1. The van der Waals surface area contributed by atoms with Gasteiger partial charge in [-0.05, 0) is 55.7 Å². The van der Waals surface area contributed by atoms with Crippen molar-refractivity contribution >= 4 is 17.5 Å². The SMILES string of the molecule is CC(=O)OCC(=O)C1=CC[C@H]2[C@@H]3C[C@H](F)C4=CC(=O)C=C[C@]4(C)[C@@]34O[C@@H]4C[C@]12C. The first kappa shape index (κ1) is 18.9. The molecule has 0 aromatic heterocycles. The van der Waals surface area contributed by atoms with Gasteiger partial charge < -0.3 is 9.47 Å². The molecule has 0 radical (unpaired) electrons. The van der Waals surface area contributed by atoms with Gasteiger partial charge in [-0.1, -0.05) is 19.1 Å². The molecule has 29 heavy (non-hydrogen) atoms. The first-order chi connectivity index (χ1) is 13.6. The van der Waals surface area contributed by atoms with Crippen molar-refractivity contribution in [1.29, 1.82) is 0 Å². The van der Waals surface area contributed by atoms with Gasteiger partial charge in [0, 0.05) is 23.3 Å². The molecule has 0 aromatic carbocycles. The van der Waals surface area contributed by atoms with Crippen LogP contribution in [-0.2, 0) is 23.9 Å². The number of ketones is 2. The molecular formula is C23H25FO5. The second-order valence-electron chi connectivity index (χ2n) is 9.53. The predicted octanol–water partition coefficient (Wildman–Crippen LogP) is 3.04. The Kier molecular flexibility index (Phi) is 3.75. The highest BCUT2D eigenvalue weighted by molar-refractivity contribution is 6.01. The summed E-state index contributed by atoms with van der Waals surface area (Å²) in [6.45, 7) is 5.07. The number of hydrogen-bond acceptors (Lipinski definition) is 5. The average Bonchev–Trinajstić information content (AvgIpc) is 3.27. The molecule has 0 N–H and O–H groups in total. The summed E-state index contributed by atoms with van der Waals surface area (Å²) in [7, 11) is 0. The monoisotopic (exact) mass is 400 g/mol. The number of allylic oxidation sites excluding steroid dienone is 3. The molecule has 1 spiro atoms. The number of hydrogen-bond donors (Lipinski definition) is 0. The molecule has 1 aliphatic heterocycles. The maximum atomic E-state index is 15.3. The normalized spacial score (nSPS) is 46.6. The van der Waals surface area contributed by atoms with Crippen LogP contribution in [0.5, 0.6) is 0 Å². The fourth-order valence-corrected chi connectivity index (χ4v) is 6.89. The van der Waals surface area contributed by atoms with E-state index in [1.165, 1.54) is 19.1 Å². The van der Waals surface area contributed by atoms with E-state index < -0.39 is 28.6 Å². The van der Waals surface area contributed by atoms with E-state index in [9.17, 15) is 14.4 Å². The van der Waals surface area contributed by atoms with E-state index in [1.807, 2.05) is 19.1 Å². The van der Waals surface area contributed by atoms with Gasteiger partial charge in [-0.25, -0.2) is 4.39 Å². The Morgan fingerprint density at radius 2 is 2.07 bits per heavy atom. The first-order valence-corrected chi connectivity index (χ1v) is 10.3. The average molecular weight is 400 g/mol. The van der Waals surface area contributed by atoms with Gasteiger partial charge in [0.1, 0.15) is 11.8 Å². The fraction of sp³-hybridized carbons (Fsp3) is 0.609. The highest BCUT2D eigenvalue weighted by Crippen LogP contribution is 2.74. The number of halogens is 1. The van der Waals surface area contributed by atoms with Crippen molar-refractivity contribution in [3.8, 4) is 0 Å².